The van der Waals surface area contributed by atoms with Gasteiger partial charge >= 0.3 is 0 Å². The van der Waals surface area contributed by atoms with Crippen LogP contribution in [0.5, 0.6) is 0 Å². The van der Waals surface area contributed by atoms with Crippen LogP contribution in [0.15, 0.2) is 27.6 Å². The van der Waals surface area contributed by atoms with Gasteiger partial charge in [0, 0.05) is 12.6 Å². The maximum Gasteiger partial charge on any atom is 0.283 e. The molecule has 1 N–H and O–H groups in total. The van der Waals surface area contributed by atoms with Crippen molar-refractivity contribution in [1.29, 1.82) is 0 Å². The van der Waals surface area contributed by atoms with Crippen LogP contribution in [-0.4, -0.2) is 19.9 Å². The molecule has 8 heteroatoms. The van der Waals surface area contributed by atoms with E-state index in [1.54, 1.807) is 6.92 Å². The minimum absolute atomic E-state index is 0.00757. The van der Waals surface area contributed by atoms with E-state index in [0.29, 0.717) is 0 Å². The lowest BCUT2D eigenvalue weighted by Crippen LogP contribution is -2.23. The minimum Gasteiger partial charge on any atom is -0.258 e. The number of sulfonamides is 1. The number of nitro benzene ring substituents is 1. The van der Waals surface area contributed by atoms with E-state index < -0.39 is 14.9 Å². The summed E-state index contributed by atoms with van der Waals surface area (Å²) in [7, 11) is -3.58. The van der Waals surface area contributed by atoms with Crippen LogP contribution in [-0.2, 0) is 10.0 Å². The third-order valence-electron chi connectivity index (χ3n) is 1.76. The van der Waals surface area contributed by atoms with E-state index in [1.165, 1.54) is 12.1 Å². The van der Waals surface area contributed by atoms with Crippen molar-refractivity contribution < 1.29 is 13.3 Å². The average molecular weight is 309 g/mol. The Morgan fingerprint density at radius 2 is 2.12 bits per heavy atom. The summed E-state index contributed by atoms with van der Waals surface area (Å²) >= 11 is 2.96. The molecule has 6 nitrogen and oxygen atoms in total. The molecular weight excluding hydrogens is 300 g/mol. The summed E-state index contributed by atoms with van der Waals surface area (Å²) in [5, 5.41) is 10.5. The summed E-state index contributed by atoms with van der Waals surface area (Å²) in [6.45, 7) is 1.91. The van der Waals surface area contributed by atoms with Gasteiger partial charge in [-0.3, -0.25) is 10.1 Å². The maximum atomic E-state index is 11.6. The maximum absolute atomic E-state index is 11.6. The van der Waals surface area contributed by atoms with Crippen molar-refractivity contribution in [2.45, 2.75) is 11.8 Å². The summed E-state index contributed by atoms with van der Waals surface area (Å²) < 4.78 is 25.6. The Labute approximate surface area is 101 Å². The summed E-state index contributed by atoms with van der Waals surface area (Å²) in [5.74, 6) is 0. The van der Waals surface area contributed by atoms with E-state index in [1.807, 2.05) is 0 Å². The quantitative estimate of drug-likeness (QED) is 0.676. The molecule has 0 amide bonds. The Balaban J connectivity index is 3.21. The highest BCUT2D eigenvalue weighted by atomic mass is 79.9. The fourth-order valence-corrected chi connectivity index (χ4v) is 2.82. The van der Waals surface area contributed by atoms with E-state index in [-0.39, 0.29) is 21.6 Å². The Kier molecular flexibility index (Phi) is 4.00. The highest BCUT2D eigenvalue weighted by molar-refractivity contribution is 9.10. The number of benzene rings is 1. The zero-order valence-electron chi connectivity index (χ0n) is 8.31. The number of hydrogen-bond donors (Lipinski definition) is 1. The standard InChI is InChI=1S/C8H9BrN2O4S/c1-2-10-16(14,15)6-3-4-8(11(12)13)7(9)5-6/h3-5,10H,2H2,1H3. The molecular formula is C8H9BrN2O4S. The summed E-state index contributed by atoms with van der Waals surface area (Å²) in [6, 6.07) is 3.55. The molecule has 1 aromatic carbocycles. The largest absolute Gasteiger partial charge is 0.283 e. The molecule has 0 aliphatic rings. The second-order valence-electron chi connectivity index (χ2n) is 2.87. The van der Waals surface area contributed by atoms with Crippen LogP contribution < -0.4 is 4.72 Å². The molecule has 0 atom stereocenters. The molecule has 1 aromatic rings. The predicted molar refractivity (Wildman–Crippen MR) is 61.7 cm³/mol. The monoisotopic (exact) mass is 308 g/mol. The van der Waals surface area contributed by atoms with Crippen molar-refractivity contribution in [3.63, 3.8) is 0 Å². The Morgan fingerprint density at radius 3 is 2.56 bits per heavy atom. The molecule has 0 bridgehead atoms. The van der Waals surface area contributed by atoms with Crippen molar-refractivity contribution in [3.8, 4) is 0 Å². The number of hydrogen-bond acceptors (Lipinski definition) is 4. The molecule has 0 aromatic heterocycles. The summed E-state index contributed by atoms with van der Waals surface area (Å²) in [5.41, 5.74) is -0.171. The predicted octanol–water partition coefficient (Wildman–Crippen LogP) is 1.66. The molecule has 88 valence electrons. The van der Waals surface area contributed by atoms with Gasteiger partial charge < -0.3 is 0 Å². The molecule has 0 unspecified atom stereocenters. The van der Waals surface area contributed by atoms with E-state index >= 15 is 0 Å². The van der Waals surface area contributed by atoms with Crippen LogP contribution in [0.4, 0.5) is 5.69 Å². The third kappa shape index (κ3) is 2.77. The highest BCUT2D eigenvalue weighted by Gasteiger charge is 2.18. The molecule has 0 aliphatic heterocycles. The lowest BCUT2D eigenvalue weighted by atomic mass is 10.3. The van der Waals surface area contributed by atoms with Crippen LogP contribution in [0.1, 0.15) is 6.92 Å². The zero-order valence-corrected chi connectivity index (χ0v) is 10.7. The Hall–Kier alpha value is -0.990. The number of nitrogens with one attached hydrogen (secondary N) is 1. The first-order valence-corrected chi connectivity index (χ1v) is 6.59. The van der Waals surface area contributed by atoms with Crippen LogP contribution in [0, 0.1) is 10.1 Å². The van der Waals surface area contributed by atoms with Crippen molar-refractivity contribution >= 4 is 31.6 Å². The first-order valence-electron chi connectivity index (χ1n) is 4.32. The van der Waals surface area contributed by atoms with Gasteiger partial charge in [-0.25, -0.2) is 13.1 Å². The van der Waals surface area contributed by atoms with Crippen molar-refractivity contribution in [2.75, 3.05) is 6.54 Å². The van der Waals surface area contributed by atoms with Gasteiger partial charge in [-0.15, -0.1) is 0 Å². The lowest BCUT2D eigenvalue weighted by molar-refractivity contribution is -0.385. The third-order valence-corrected chi connectivity index (χ3v) is 3.94. The van der Waals surface area contributed by atoms with Crippen LogP contribution in [0.3, 0.4) is 0 Å². The van der Waals surface area contributed by atoms with Gasteiger partial charge in [0.2, 0.25) is 10.0 Å². The van der Waals surface area contributed by atoms with Crippen molar-refractivity contribution in [3.05, 3.63) is 32.8 Å². The highest BCUT2D eigenvalue weighted by Crippen LogP contribution is 2.27. The molecule has 0 saturated carbocycles. The van der Waals surface area contributed by atoms with Gasteiger partial charge in [-0.1, -0.05) is 6.92 Å². The normalized spacial score (nSPS) is 11.4. The second-order valence-corrected chi connectivity index (χ2v) is 5.49. The Morgan fingerprint density at radius 1 is 1.50 bits per heavy atom. The second kappa shape index (κ2) is 4.89. The molecule has 0 radical (unpaired) electrons. The molecule has 1 rings (SSSR count). The molecule has 0 spiro atoms. The van der Waals surface area contributed by atoms with E-state index in [9.17, 15) is 18.5 Å². The molecule has 0 aliphatic carbocycles. The fraction of sp³-hybridized carbons (Fsp3) is 0.250. The average Bonchev–Trinajstić information content (AvgIpc) is 2.16. The number of halogens is 1. The summed E-state index contributed by atoms with van der Waals surface area (Å²) in [6.07, 6.45) is 0. The van der Waals surface area contributed by atoms with Gasteiger partial charge in [0.05, 0.1) is 14.3 Å². The number of rotatable bonds is 4. The van der Waals surface area contributed by atoms with Gasteiger partial charge in [0.1, 0.15) is 0 Å². The van der Waals surface area contributed by atoms with Crippen LogP contribution >= 0.6 is 15.9 Å². The first-order chi connectivity index (χ1) is 7.38. The fourth-order valence-electron chi connectivity index (χ4n) is 1.08. The lowest BCUT2D eigenvalue weighted by Gasteiger charge is -2.04. The van der Waals surface area contributed by atoms with Gasteiger partial charge in [-0.05, 0) is 28.1 Å². The van der Waals surface area contributed by atoms with Crippen LogP contribution in [0.2, 0.25) is 0 Å². The molecule has 0 saturated heterocycles. The smallest absolute Gasteiger partial charge is 0.258 e. The molecule has 0 heterocycles. The van der Waals surface area contributed by atoms with Gasteiger partial charge in [0.15, 0.2) is 0 Å². The van der Waals surface area contributed by atoms with Crippen molar-refractivity contribution in [2.24, 2.45) is 0 Å². The first kappa shape index (κ1) is 13.1. The van der Waals surface area contributed by atoms with Gasteiger partial charge in [0.25, 0.3) is 5.69 Å². The topological polar surface area (TPSA) is 89.3 Å². The molecule has 16 heavy (non-hydrogen) atoms. The summed E-state index contributed by atoms with van der Waals surface area (Å²) in [4.78, 5) is 9.92. The zero-order chi connectivity index (χ0) is 12.3. The van der Waals surface area contributed by atoms with E-state index in [0.717, 1.165) is 6.07 Å². The number of nitrogens with zero attached hydrogens (tertiary/aromatic N) is 1. The van der Waals surface area contributed by atoms with Gasteiger partial charge in [-0.2, -0.15) is 0 Å². The number of nitro groups is 1. The minimum atomic E-state index is -3.58. The molecule has 0 fully saturated rings. The Bertz CT molecular complexity index is 515. The van der Waals surface area contributed by atoms with Crippen LogP contribution in [0.25, 0.3) is 0 Å². The SMILES string of the molecule is CCNS(=O)(=O)c1ccc([N+](=O)[O-])c(Br)c1. The van der Waals surface area contributed by atoms with Crippen molar-refractivity contribution in [1.82, 2.24) is 4.72 Å². The van der Waals surface area contributed by atoms with E-state index in [4.69, 9.17) is 0 Å². The van der Waals surface area contributed by atoms with E-state index in [2.05, 4.69) is 20.7 Å².